The second-order valence-corrected chi connectivity index (χ2v) is 7.10. The number of hydrogen-bond donors (Lipinski definition) is 0. The Morgan fingerprint density at radius 1 is 1.26 bits per heavy atom. The van der Waals surface area contributed by atoms with E-state index in [9.17, 15) is 4.79 Å². The van der Waals surface area contributed by atoms with Gasteiger partial charge in [-0.1, -0.05) is 0 Å². The Balaban J connectivity index is 1.61. The molecule has 0 N–H and O–H groups in total. The van der Waals surface area contributed by atoms with Crippen LogP contribution in [0.15, 0.2) is 40.8 Å². The summed E-state index contributed by atoms with van der Waals surface area (Å²) in [6.45, 7) is 3.24. The molecule has 0 saturated carbocycles. The summed E-state index contributed by atoms with van der Waals surface area (Å²) in [5.41, 5.74) is 0. The highest BCUT2D eigenvalue weighted by Crippen LogP contribution is 2.21. The maximum atomic E-state index is 12.5. The minimum absolute atomic E-state index is 0.0160. The number of nitrogens with zero attached hydrogens (tertiary/aromatic N) is 1. The molecule has 23 heavy (non-hydrogen) atoms. The molecule has 1 aromatic carbocycles. The lowest BCUT2D eigenvalue weighted by atomic mass is 10.0. The normalized spacial score (nSPS) is 18.0. The molecule has 0 aliphatic carbocycles. The molecule has 2 aromatic rings. The van der Waals surface area contributed by atoms with Crippen LogP contribution in [0.3, 0.4) is 0 Å². The van der Waals surface area contributed by atoms with Crippen molar-refractivity contribution < 1.29 is 13.9 Å². The Morgan fingerprint density at radius 2 is 2.04 bits per heavy atom. The van der Waals surface area contributed by atoms with E-state index in [4.69, 9.17) is 9.15 Å². The van der Waals surface area contributed by atoms with E-state index >= 15 is 0 Å². The van der Waals surface area contributed by atoms with Crippen molar-refractivity contribution in [3.05, 3.63) is 51.5 Å². The zero-order valence-electron chi connectivity index (χ0n) is 13.1. The molecule has 2 heterocycles. The van der Waals surface area contributed by atoms with Crippen LogP contribution < -0.4 is 4.74 Å². The summed E-state index contributed by atoms with van der Waals surface area (Å²) < 4.78 is 12.5. The lowest BCUT2D eigenvalue weighted by Gasteiger charge is -2.32. The van der Waals surface area contributed by atoms with Crippen molar-refractivity contribution in [1.82, 2.24) is 4.90 Å². The number of hydrogen-bond acceptors (Lipinski definition) is 3. The summed E-state index contributed by atoms with van der Waals surface area (Å²) in [4.78, 5) is 14.4. The predicted molar refractivity (Wildman–Crippen MR) is 96.5 cm³/mol. The maximum absolute atomic E-state index is 12.5. The van der Waals surface area contributed by atoms with Crippen LogP contribution >= 0.6 is 22.6 Å². The van der Waals surface area contributed by atoms with E-state index in [0.717, 1.165) is 28.7 Å². The largest absolute Gasteiger partial charge is 0.486 e. The fourth-order valence-corrected chi connectivity index (χ4v) is 3.16. The fourth-order valence-electron chi connectivity index (χ4n) is 2.80. The van der Waals surface area contributed by atoms with Gasteiger partial charge in [-0.15, -0.1) is 0 Å². The summed E-state index contributed by atoms with van der Waals surface area (Å²) >= 11 is 2.25. The average Bonchev–Trinajstić information content (AvgIpc) is 3.03. The van der Waals surface area contributed by atoms with E-state index in [-0.39, 0.29) is 11.9 Å². The standard InChI is InChI=1S/C18H20INO3/c1-13-4-2-3-11-20(13)18(21)17-10-9-16(23-17)12-22-15-7-5-14(19)6-8-15/h5-10,13H,2-4,11-12H2,1H3. The molecule has 5 heteroatoms. The molecule has 1 fully saturated rings. The van der Waals surface area contributed by atoms with E-state index in [1.54, 1.807) is 6.07 Å². The number of rotatable bonds is 4. The quantitative estimate of drug-likeness (QED) is 0.679. The maximum Gasteiger partial charge on any atom is 0.289 e. The lowest BCUT2D eigenvalue weighted by Crippen LogP contribution is -2.41. The summed E-state index contributed by atoms with van der Waals surface area (Å²) in [6, 6.07) is 11.7. The predicted octanol–water partition coefficient (Wildman–Crippen LogP) is 4.48. The number of likely N-dealkylation sites (tertiary alicyclic amines) is 1. The third-order valence-electron chi connectivity index (χ3n) is 4.13. The van der Waals surface area contributed by atoms with Gasteiger partial charge in [0.15, 0.2) is 5.76 Å². The Bertz CT molecular complexity index is 665. The number of benzene rings is 1. The number of carbonyl (C=O) groups is 1. The van der Waals surface area contributed by atoms with Crippen LogP contribution in [-0.4, -0.2) is 23.4 Å². The minimum Gasteiger partial charge on any atom is -0.486 e. The molecule has 0 spiro atoms. The number of halogens is 1. The second kappa shape index (κ2) is 7.38. The molecule has 1 saturated heterocycles. The zero-order chi connectivity index (χ0) is 16.2. The van der Waals surface area contributed by atoms with Crippen molar-refractivity contribution in [1.29, 1.82) is 0 Å². The highest BCUT2D eigenvalue weighted by Gasteiger charge is 2.26. The number of piperidine rings is 1. The van der Waals surface area contributed by atoms with Crippen molar-refractivity contribution in [2.75, 3.05) is 6.54 Å². The molecular weight excluding hydrogens is 405 g/mol. The van der Waals surface area contributed by atoms with Gasteiger partial charge in [-0.05, 0) is 85.2 Å². The van der Waals surface area contributed by atoms with E-state index < -0.39 is 0 Å². The lowest BCUT2D eigenvalue weighted by molar-refractivity contribution is 0.0599. The van der Waals surface area contributed by atoms with Gasteiger partial charge in [-0.25, -0.2) is 0 Å². The zero-order valence-corrected chi connectivity index (χ0v) is 15.3. The summed E-state index contributed by atoms with van der Waals surface area (Å²) in [5, 5.41) is 0. The van der Waals surface area contributed by atoms with Gasteiger partial charge in [-0.2, -0.15) is 0 Å². The first-order valence-electron chi connectivity index (χ1n) is 7.91. The van der Waals surface area contributed by atoms with Crippen molar-refractivity contribution in [2.24, 2.45) is 0 Å². The van der Waals surface area contributed by atoms with Crippen molar-refractivity contribution in [2.45, 2.75) is 38.8 Å². The third kappa shape index (κ3) is 4.07. The topological polar surface area (TPSA) is 42.7 Å². The van der Waals surface area contributed by atoms with Crippen LogP contribution in [0.2, 0.25) is 0 Å². The van der Waals surface area contributed by atoms with E-state index in [0.29, 0.717) is 18.1 Å². The van der Waals surface area contributed by atoms with Crippen LogP contribution in [0.5, 0.6) is 5.75 Å². The molecule has 1 aliphatic heterocycles. The van der Waals surface area contributed by atoms with E-state index in [1.165, 1.54) is 6.42 Å². The highest BCUT2D eigenvalue weighted by atomic mass is 127. The van der Waals surface area contributed by atoms with Gasteiger partial charge < -0.3 is 14.1 Å². The van der Waals surface area contributed by atoms with Gasteiger partial charge in [0.1, 0.15) is 18.1 Å². The number of amides is 1. The first kappa shape index (κ1) is 16.4. The molecule has 0 radical (unpaired) electrons. The first-order chi connectivity index (χ1) is 11.1. The second-order valence-electron chi connectivity index (χ2n) is 5.85. The first-order valence-corrected chi connectivity index (χ1v) is 8.99. The Labute approximate surface area is 149 Å². The molecule has 0 bridgehead atoms. The van der Waals surface area contributed by atoms with Gasteiger partial charge in [0.2, 0.25) is 0 Å². The monoisotopic (exact) mass is 425 g/mol. The molecule has 1 aromatic heterocycles. The van der Waals surface area contributed by atoms with Gasteiger partial charge in [0.25, 0.3) is 5.91 Å². The van der Waals surface area contributed by atoms with Crippen LogP contribution in [0, 0.1) is 3.57 Å². The molecular formula is C18H20INO3. The summed E-state index contributed by atoms with van der Waals surface area (Å²) in [6.07, 6.45) is 3.33. The Hall–Kier alpha value is -1.50. The van der Waals surface area contributed by atoms with Gasteiger partial charge >= 0.3 is 0 Å². The average molecular weight is 425 g/mol. The highest BCUT2D eigenvalue weighted by molar-refractivity contribution is 14.1. The van der Waals surface area contributed by atoms with Crippen molar-refractivity contribution in [3.8, 4) is 5.75 Å². The van der Waals surface area contributed by atoms with E-state index in [1.807, 2.05) is 35.2 Å². The number of ether oxygens (including phenoxy) is 1. The minimum atomic E-state index is -0.0160. The van der Waals surface area contributed by atoms with Crippen molar-refractivity contribution >= 4 is 28.5 Å². The molecule has 1 unspecified atom stereocenters. The molecule has 1 atom stereocenters. The third-order valence-corrected chi connectivity index (χ3v) is 4.85. The SMILES string of the molecule is CC1CCCCN1C(=O)c1ccc(COc2ccc(I)cc2)o1. The van der Waals surface area contributed by atoms with Crippen LogP contribution in [0.25, 0.3) is 0 Å². The number of furan rings is 1. The molecule has 122 valence electrons. The molecule has 1 amide bonds. The smallest absolute Gasteiger partial charge is 0.289 e. The van der Waals surface area contributed by atoms with Crippen molar-refractivity contribution in [3.63, 3.8) is 0 Å². The summed E-state index contributed by atoms with van der Waals surface area (Å²) in [7, 11) is 0. The van der Waals surface area contributed by atoms with Crippen LogP contribution in [-0.2, 0) is 6.61 Å². The van der Waals surface area contributed by atoms with Gasteiger partial charge in [-0.3, -0.25) is 4.79 Å². The van der Waals surface area contributed by atoms with Crippen LogP contribution in [0.1, 0.15) is 42.5 Å². The van der Waals surface area contributed by atoms with Gasteiger partial charge in [0.05, 0.1) is 0 Å². The fraction of sp³-hybridized carbons (Fsp3) is 0.389. The Kier molecular flexibility index (Phi) is 5.25. The van der Waals surface area contributed by atoms with E-state index in [2.05, 4.69) is 29.5 Å². The summed E-state index contributed by atoms with van der Waals surface area (Å²) in [5.74, 6) is 1.84. The van der Waals surface area contributed by atoms with Gasteiger partial charge in [0, 0.05) is 16.2 Å². The molecule has 1 aliphatic rings. The molecule has 3 rings (SSSR count). The molecule has 4 nitrogen and oxygen atoms in total. The number of carbonyl (C=O) groups excluding carboxylic acids is 1. The Morgan fingerprint density at radius 3 is 2.78 bits per heavy atom. The van der Waals surface area contributed by atoms with Crippen LogP contribution in [0.4, 0.5) is 0 Å².